The zero-order valence-corrected chi connectivity index (χ0v) is 14.7. The topological polar surface area (TPSA) is 57.6 Å². The highest BCUT2D eigenvalue weighted by Gasteiger charge is 2.07. The number of H-pyrrole nitrogens is 1. The summed E-state index contributed by atoms with van der Waals surface area (Å²) < 4.78 is 6.72. The van der Waals surface area contributed by atoms with Crippen molar-refractivity contribution in [3.8, 4) is 11.6 Å². The molecule has 118 valence electrons. The van der Waals surface area contributed by atoms with E-state index in [9.17, 15) is 5.11 Å². The van der Waals surface area contributed by atoms with Crippen molar-refractivity contribution in [3.63, 3.8) is 0 Å². The molecular formula is C18H17IN2O2. The molecule has 3 aromatic rings. The molecule has 0 fully saturated rings. The Morgan fingerprint density at radius 3 is 2.70 bits per heavy atom. The molecule has 0 atom stereocenters. The Kier molecular flexibility index (Phi) is 5.17. The van der Waals surface area contributed by atoms with Crippen molar-refractivity contribution in [1.29, 1.82) is 0 Å². The number of aromatic hydroxyl groups is 1. The SMILES string of the molecule is Oc1[nH]c2ccccc2c1C=Nc1ccc(OCCCI)cc1. The van der Waals surface area contributed by atoms with Gasteiger partial charge in [0.2, 0.25) is 0 Å². The van der Waals surface area contributed by atoms with Gasteiger partial charge in [-0.1, -0.05) is 40.8 Å². The number of benzene rings is 2. The number of hydrogen-bond acceptors (Lipinski definition) is 3. The first-order chi connectivity index (χ1) is 11.3. The lowest BCUT2D eigenvalue weighted by atomic mass is 10.2. The Hall–Kier alpha value is -2.02. The number of aromatic nitrogens is 1. The van der Waals surface area contributed by atoms with E-state index in [1.54, 1.807) is 6.21 Å². The van der Waals surface area contributed by atoms with Crippen LogP contribution in [0.2, 0.25) is 0 Å². The molecule has 0 unspecified atom stereocenters. The van der Waals surface area contributed by atoms with Crippen molar-refractivity contribution >= 4 is 45.4 Å². The zero-order chi connectivity index (χ0) is 16.1. The predicted molar refractivity (Wildman–Crippen MR) is 103 cm³/mol. The van der Waals surface area contributed by atoms with Crippen molar-refractivity contribution in [2.24, 2.45) is 4.99 Å². The van der Waals surface area contributed by atoms with Crippen molar-refractivity contribution < 1.29 is 9.84 Å². The van der Waals surface area contributed by atoms with Crippen LogP contribution in [0.4, 0.5) is 5.69 Å². The molecule has 1 heterocycles. The summed E-state index contributed by atoms with van der Waals surface area (Å²) in [7, 11) is 0. The fourth-order valence-corrected chi connectivity index (χ4v) is 2.60. The molecule has 0 amide bonds. The quantitative estimate of drug-likeness (QED) is 0.260. The molecule has 23 heavy (non-hydrogen) atoms. The van der Waals surface area contributed by atoms with Gasteiger partial charge in [-0.2, -0.15) is 0 Å². The summed E-state index contributed by atoms with van der Waals surface area (Å²) in [5.74, 6) is 0.984. The molecule has 1 aromatic heterocycles. The van der Waals surface area contributed by atoms with E-state index in [4.69, 9.17) is 4.74 Å². The maximum absolute atomic E-state index is 10.0. The number of fused-ring (bicyclic) bond motifs is 1. The van der Waals surface area contributed by atoms with Crippen molar-refractivity contribution in [2.45, 2.75) is 6.42 Å². The second-order valence-electron chi connectivity index (χ2n) is 5.08. The smallest absolute Gasteiger partial charge is 0.198 e. The highest BCUT2D eigenvalue weighted by molar-refractivity contribution is 14.1. The Morgan fingerprint density at radius 2 is 1.91 bits per heavy atom. The third-order valence-corrected chi connectivity index (χ3v) is 4.21. The van der Waals surface area contributed by atoms with Crippen LogP contribution >= 0.6 is 22.6 Å². The highest BCUT2D eigenvalue weighted by Crippen LogP contribution is 2.26. The molecule has 0 saturated carbocycles. The third-order valence-electron chi connectivity index (χ3n) is 3.45. The minimum atomic E-state index is 0.133. The Bertz CT molecular complexity index is 810. The lowest BCUT2D eigenvalue weighted by Gasteiger charge is -2.04. The number of nitrogens with zero attached hydrogens (tertiary/aromatic N) is 1. The third kappa shape index (κ3) is 3.85. The Balaban J connectivity index is 1.75. The molecule has 0 bridgehead atoms. The van der Waals surface area contributed by atoms with Gasteiger partial charge in [-0.25, -0.2) is 0 Å². The number of aromatic amines is 1. The number of rotatable bonds is 6. The van der Waals surface area contributed by atoms with Crippen LogP contribution in [-0.2, 0) is 0 Å². The molecule has 2 aromatic carbocycles. The minimum Gasteiger partial charge on any atom is -0.494 e. The number of alkyl halides is 1. The number of halogens is 1. The van der Waals surface area contributed by atoms with Crippen LogP contribution in [0.5, 0.6) is 11.6 Å². The van der Waals surface area contributed by atoms with Gasteiger partial charge in [0.15, 0.2) is 5.88 Å². The van der Waals surface area contributed by atoms with E-state index in [2.05, 4.69) is 32.6 Å². The molecular weight excluding hydrogens is 403 g/mol. The lowest BCUT2D eigenvalue weighted by molar-refractivity contribution is 0.319. The van der Waals surface area contributed by atoms with Gasteiger partial charge < -0.3 is 14.8 Å². The van der Waals surface area contributed by atoms with Crippen LogP contribution in [0.1, 0.15) is 12.0 Å². The van der Waals surface area contributed by atoms with Gasteiger partial charge in [-0.05, 0) is 36.8 Å². The van der Waals surface area contributed by atoms with Gasteiger partial charge in [0.05, 0.1) is 17.9 Å². The van der Waals surface area contributed by atoms with Gasteiger partial charge >= 0.3 is 0 Å². The number of ether oxygens (including phenoxy) is 1. The average Bonchev–Trinajstić information content (AvgIpc) is 2.90. The molecule has 0 aliphatic heterocycles. The first kappa shape index (κ1) is 15.9. The van der Waals surface area contributed by atoms with E-state index in [0.717, 1.165) is 39.8 Å². The summed E-state index contributed by atoms with van der Waals surface area (Å²) in [5.41, 5.74) is 2.41. The van der Waals surface area contributed by atoms with E-state index < -0.39 is 0 Å². The molecule has 0 aliphatic carbocycles. The summed E-state index contributed by atoms with van der Waals surface area (Å²) >= 11 is 2.34. The highest BCUT2D eigenvalue weighted by atomic mass is 127. The fourth-order valence-electron chi connectivity index (χ4n) is 2.29. The van der Waals surface area contributed by atoms with E-state index in [1.165, 1.54) is 0 Å². The molecule has 0 saturated heterocycles. The van der Waals surface area contributed by atoms with Gasteiger partial charge in [-0.15, -0.1) is 0 Å². The molecule has 0 aliphatic rings. The monoisotopic (exact) mass is 420 g/mol. The summed E-state index contributed by atoms with van der Waals surface area (Å²) in [6.07, 6.45) is 2.72. The predicted octanol–water partition coefficient (Wildman–Crippen LogP) is 4.83. The average molecular weight is 420 g/mol. The summed E-state index contributed by atoms with van der Waals surface area (Å²) in [5, 5.41) is 11.0. The summed E-state index contributed by atoms with van der Waals surface area (Å²) in [6, 6.07) is 15.4. The maximum atomic E-state index is 10.0. The van der Waals surface area contributed by atoms with Crippen LogP contribution in [0.15, 0.2) is 53.5 Å². The van der Waals surface area contributed by atoms with Crippen LogP contribution in [0.25, 0.3) is 10.9 Å². The normalized spacial score (nSPS) is 11.3. The first-order valence-electron chi connectivity index (χ1n) is 7.40. The molecule has 2 N–H and O–H groups in total. The Labute approximate surface area is 148 Å². The largest absolute Gasteiger partial charge is 0.494 e. The first-order valence-corrected chi connectivity index (χ1v) is 8.93. The zero-order valence-electron chi connectivity index (χ0n) is 12.5. The van der Waals surface area contributed by atoms with E-state index in [0.29, 0.717) is 5.56 Å². The molecule has 5 heteroatoms. The van der Waals surface area contributed by atoms with Gasteiger partial charge in [0.1, 0.15) is 5.75 Å². The molecule has 0 spiro atoms. The number of hydrogen-bond donors (Lipinski definition) is 2. The number of para-hydroxylation sites is 1. The van der Waals surface area contributed by atoms with Crippen LogP contribution < -0.4 is 4.74 Å². The van der Waals surface area contributed by atoms with Gasteiger partial charge in [0.25, 0.3) is 0 Å². The lowest BCUT2D eigenvalue weighted by Crippen LogP contribution is -1.96. The van der Waals surface area contributed by atoms with E-state index >= 15 is 0 Å². The molecule has 4 nitrogen and oxygen atoms in total. The van der Waals surface area contributed by atoms with Gasteiger partial charge in [-0.3, -0.25) is 4.99 Å². The van der Waals surface area contributed by atoms with Gasteiger partial charge in [0, 0.05) is 21.5 Å². The number of aliphatic imine (C=N–C) groups is 1. The molecule has 3 rings (SSSR count). The number of nitrogens with one attached hydrogen (secondary N) is 1. The van der Waals surface area contributed by atoms with Crippen molar-refractivity contribution in [3.05, 3.63) is 54.1 Å². The standard InChI is InChI=1S/C18H17IN2O2/c19-10-3-11-23-14-8-6-13(7-9-14)20-12-16-15-4-1-2-5-17(15)21-18(16)22/h1-2,4-9,12,21-22H,3,10-11H2. The molecule has 0 radical (unpaired) electrons. The van der Waals surface area contributed by atoms with Crippen LogP contribution in [0.3, 0.4) is 0 Å². The van der Waals surface area contributed by atoms with Crippen LogP contribution in [-0.4, -0.2) is 27.3 Å². The van der Waals surface area contributed by atoms with E-state index in [-0.39, 0.29) is 5.88 Å². The Morgan fingerprint density at radius 1 is 1.13 bits per heavy atom. The van der Waals surface area contributed by atoms with Crippen molar-refractivity contribution in [1.82, 2.24) is 4.98 Å². The second kappa shape index (κ2) is 7.50. The second-order valence-corrected chi connectivity index (χ2v) is 6.15. The summed E-state index contributed by atoms with van der Waals surface area (Å²) in [4.78, 5) is 7.38. The summed E-state index contributed by atoms with van der Waals surface area (Å²) in [6.45, 7) is 0.731. The fraction of sp³-hybridized carbons (Fsp3) is 0.167. The van der Waals surface area contributed by atoms with Crippen LogP contribution in [0, 0.1) is 0 Å². The maximum Gasteiger partial charge on any atom is 0.198 e. The van der Waals surface area contributed by atoms with Crippen molar-refractivity contribution in [2.75, 3.05) is 11.0 Å². The minimum absolute atomic E-state index is 0.133. The van der Waals surface area contributed by atoms with E-state index in [1.807, 2.05) is 48.5 Å².